The standard InChI is InChI=1S/C11H20O5/c12-6-7-5-8(11(14)10(7)13)16-9-3-1-2-4-15-9/h7-14H,1-6H2/t7-,8-,9?,10+,11?/m1/s1. The van der Waals surface area contributed by atoms with Crippen molar-refractivity contribution in [3.63, 3.8) is 0 Å². The zero-order valence-electron chi connectivity index (χ0n) is 9.29. The number of rotatable bonds is 3. The molecule has 2 rings (SSSR count). The third-order valence-electron chi connectivity index (χ3n) is 3.45. The molecule has 1 heterocycles. The summed E-state index contributed by atoms with van der Waals surface area (Å²) in [6, 6.07) is 0. The van der Waals surface area contributed by atoms with E-state index in [9.17, 15) is 10.2 Å². The Morgan fingerprint density at radius 1 is 1.19 bits per heavy atom. The molecule has 0 aromatic rings. The summed E-state index contributed by atoms with van der Waals surface area (Å²) in [6.07, 6.45) is 0.950. The number of hydrogen-bond donors (Lipinski definition) is 3. The van der Waals surface area contributed by atoms with Crippen LogP contribution >= 0.6 is 0 Å². The second kappa shape index (κ2) is 5.42. The molecule has 0 amide bonds. The summed E-state index contributed by atoms with van der Waals surface area (Å²) in [4.78, 5) is 0. The van der Waals surface area contributed by atoms with Crippen molar-refractivity contribution in [3.05, 3.63) is 0 Å². The Kier molecular flexibility index (Phi) is 4.16. The van der Waals surface area contributed by atoms with Crippen molar-refractivity contribution >= 4 is 0 Å². The summed E-state index contributed by atoms with van der Waals surface area (Å²) in [6.45, 7) is 0.572. The van der Waals surface area contributed by atoms with Gasteiger partial charge in [-0.2, -0.15) is 0 Å². The maximum absolute atomic E-state index is 9.75. The van der Waals surface area contributed by atoms with Crippen LogP contribution in [-0.4, -0.2) is 53.1 Å². The van der Waals surface area contributed by atoms with Gasteiger partial charge in [0.05, 0.1) is 12.2 Å². The van der Waals surface area contributed by atoms with E-state index < -0.39 is 18.3 Å². The molecule has 5 heteroatoms. The van der Waals surface area contributed by atoms with Gasteiger partial charge in [0.25, 0.3) is 0 Å². The second-order valence-corrected chi connectivity index (χ2v) is 4.63. The fraction of sp³-hybridized carbons (Fsp3) is 1.00. The van der Waals surface area contributed by atoms with E-state index in [0.717, 1.165) is 19.3 Å². The van der Waals surface area contributed by atoms with Gasteiger partial charge in [-0.25, -0.2) is 0 Å². The van der Waals surface area contributed by atoms with Gasteiger partial charge in [-0.1, -0.05) is 0 Å². The molecule has 2 fully saturated rings. The summed E-state index contributed by atoms with van der Waals surface area (Å²) >= 11 is 0. The lowest BCUT2D eigenvalue weighted by atomic mass is 10.1. The SMILES string of the molecule is OC[C@H]1C[C@@H](OC2CCCCO2)C(O)[C@H]1O. The average Bonchev–Trinajstić information content (AvgIpc) is 2.58. The number of hydrogen-bond acceptors (Lipinski definition) is 5. The van der Waals surface area contributed by atoms with E-state index in [1.165, 1.54) is 0 Å². The van der Waals surface area contributed by atoms with Gasteiger partial charge >= 0.3 is 0 Å². The van der Waals surface area contributed by atoms with Crippen LogP contribution < -0.4 is 0 Å². The number of aliphatic hydroxyl groups is 3. The highest BCUT2D eigenvalue weighted by Gasteiger charge is 2.42. The van der Waals surface area contributed by atoms with Gasteiger partial charge in [-0.15, -0.1) is 0 Å². The molecule has 2 unspecified atom stereocenters. The minimum atomic E-state index is -0.914. The van der Waals surface area contributed by atoms with Gasteiger partial charge in [-0.3, -0.25) is 0 Å². The van der Waals surface area contributed by atoms with E-state index in [0.29, 0.717) is 13.0 Å². The fourth-order valence-electron chi connectivity index (χ4n) is 2.41. The van der Waals surface area contributed by atoms with Crippen LogP contribution in [0, 0.1) is 5.92 Å². The molecular weight excluding hydrogens is 212 g/mol. The van der Waals surface area contributed by atoms with Crippen molar-refractivity contribution in [2.45, 2.75) is 50.3 Å². The molecule has 16 heavy (non-hydrogen) atoms. The maximum atomic E-state index is 9.75. The summed E-state index contributed by atoms with van der Waals surface area (Å²) < 4.78 is 11.0. The van der Waals surface area contributed by atoms with Crippen LogP contribution in [0.2, 0.25) is 0 Å². The first-order valence-electron chi connectivity index (χ1n) is 5.96. The predicted molar refractivity (Wildman–Crippen MR) is 55.7 cm³/mol. The van der Waals surface area contributed by atoms with Crippen LogP contribution in [0.4, 0.5) is 0 Å². The van der Waals surface area contributed by atoms with Crippen LogP contribution in [0.1, 0.15) is 25.7 Å². The zero-order chi connectivity index (χ0) is 11.5. The molecule has 0 bridgehead atoms. The highest BCUT2D eigenvalue weighted by Crippen LogP contribution is 2.30. The third-order valence-corrected chi connectivity index (χ3v) is 3.45. The smallest absolute Gasteiger partial charge is 0.158 e. The van der Waals surface area contributed by atoms with E-state index in [1.807, 2.05) is 0 Å². The molecule has 1 saturated carbocycles. The molecule has 1 aliphatic heterocycles. The molecule has 0 radical (unpaired) electrons. The van der Waals surface area contributed by atoms with Gasteiger partial charge < -0.3 is 24.8 Å². The Balaban J connectivity index is 1.85. The Morgan fingerprint density at radius 2 is 2.00 bits per heavy atom. The van der Waals surface area contributed by atoms with Crippen molar-refractivity contribution in [2.75, 3.05) is 13.2 Å². The van der Waals surface area contributed by atoms with E-state index >= 15 is 0 Å². The second-order valence-electron chi connectivity index (χ2n) is 4.63. The Labute approximate surface area is 95.0 Å². The number of aliphatic hydroxyl groups excluding tert-OH is 3. The summed E-state index contributed by atoms with van der Waals surface area (Å²) in [5.74, 6) is -0.288. The van der Waals surface area contributed by atoms with Crippen LogP contribution in [0.25, 0.3) is 0 Å². The Bertz CT molecular complexity index is 216. The first-order valence-corrected chi connectivity index (χ1v) is 5.96. The number of ether oxygens (including phenoxy) is 2. The minimum Gasteiger partial charge on any atom is -0.396 e. The monoisotopic (exact) mass is 232 g/mol. The quantitative estimate of drug-likeness (QED) is 0.619. The molecule has 5 nitrogen and oxygen atoms in total. The molecule has 0 aromatic carbocycles. The van der Waals surface area contributed by atoms with Crippen LogP contribution in [0.5, 0.6) is 0 Å². The van der Waals surface area contributed by atoms with Crippen molar-refractivity contribution in [3.8, 4) is 0 Å². The van der Waals surface area contributed by atoms with E-state index in [1.54, 1.807) is 0 Å². The van der Waals surface area contributed by atoms with E-state index in [2.05, 4.69) is 0 Å². The molecule has 5 atom stereocenters. The first-order chi connectivity index (χ1) is 7.72. The predicted octanol–water partition coefficient (Wildman–Crippen LogP) is -0.368. The molecule has 1 aliphatic carbocycles. The average molecular weight is 232 g/mol. The van der Waals surface area contributed by atoms with Gasteiger partial charge in [0.15, 0.2) is 6.29 Å². The molecule has 94 valence electrons. The topological polar surface area (TPSA) is 79.2 Å². The van der Waals surface area contributed by atoms with Crippen molar-refractivity contribution in [1.82, 2.24) is 0 Å². The Morgan fingerprint density at radius 3 is 2.56 bits per heavy atom. The lowest BCUT2D eigenvalue weighted by Crippen LogP contribution is -2.36. The highest BCUT2D eigenvalue weighted by atomic mass is 16.7. The lowest BCUT2D eigenvalue weighted by molar-refractivity contribution is -0.205. The van der Waals surface area contributed by atoms with Crippen LogP contribution in [-0.2, 0) is 9.47 Å². The van der Waals surface area contributed by atoms with Crippen LogP contribution in [0.15, 0.2) is 0 Å². The van der Waals surface area contributed by atoms with Crippen LogP contribution in [0.3, 0.4) is 0 Å². The normalized spacial score (nSPS) is 44.8. The molecule has 2 aliphatic rings. The molecule has 1 saturated heterocycles. The minimum absolute atomic E-state index is 0.121. The molecular formula is C11H20O5. The van der Waals surface area contributed by atoms with Crippen molar-refractivity contribution in [2.24, 2.45) is 5.92 Å². The van der Waals surface area contributed by atoms with E-state index in [-0.39, 0.29) is 18.8 Å². The summed E-state index contributed by atoms with van der Waals surface area (Å²) in [5, 5.41) is 28.4. The molecule has 0 spiro atoms. The van der Waals surface area contributed by atoms with Gasteiger partial charge in [-0.05, 0) is 25.7 Å². The lowest BCUT2D eigenvalue weighted by Gasteiger charge is -2.27. The molecule has 0 aromatic heterocycles. The summed E-state index contributed by atoms with van der Waals surface area (Å²) in [5.41, 5.74) is 0. The van der Waals surface area contributed by atoms with Gasteiger partial charge in [0.2, 0.25) is 0 Å². The van der Waals surface area contributed by atoms with Gasteiger partial charge in [0, 0.05) is 19.1 Å². The largest absolute Gasteiger partial charge is 0.396 e. The third kappa shape index (κ3) is 2.55. The first kappa shape index (κ1) is 12.3. The molecule has 3 N–H and O–H groups in total. The maximum Gasteiger partial charge on any atom is 0.158 e. The summed E-state index contributed by atoms with van der Waals surface area (Å²) in [7, 11) is 0. The van der Waals surface area contributed by atoms with Crippen molar-refractivity contribution < 1.29 is 24.8 Å². The van der Waals surface area contributed by atoms with Gasteiger partial charge in [0.1, 0.15) is 6.10 Å². The van der Waals surface area contributed by atoms with Crippen molar-refractivity contribution in [1.29, 1.82) is 0 Å². The Hall–Kier alpha value is -0.200. The fourth-order valence-corrected chi connectivity index (χ4v) is 2.41. The highest BCUT2D eigenvalue weighted by molar-refractivity contribution is 4.92. The zero-order valence-corrected chi connectivity index (χ0v) is 9.29. The van der Waals surface area contributed by atoms with E-state index in [4.69, 9.17) is 14.6 Å².